The Morgan fingerprint density at radius 3 is 2.60 bits per heavy atom. The van der Waals surface area contributed by atoms with Crippen molar-refractivity contribution < 1.29 is 14.7 Å². The maximum absolute atomic E-state index is 12.1. The number of carboxylic acid groups (broad SMARTS) is 1. The standard InChI is InChI=1S/C14H21N3O3/c1-10-5-3-6-11(2)17(10)15-13(18)9-16-8-4-7-12(16)14(19)20/h4,7-8,10-11H,3,5-6,9H2,1-2H3,(H,15,18)(H,19,20). The van der Waals surface area contributed by atoms with Crippen molar-refractivity contribution in [2.24, 2.45) is 0 Å². The summed E-state index contributed by atoms with van der Waals surface area (Å²) >= 11 is 0. The zero-order valence-electron chi connectivity index (χ0n) is 11.9. The van der Waals surface area contributed by atoms with Gasteiger partial charge in [0.2, 0.25) is 0 Å². The number of rotatable bonds is 4. The highest BCUT2D eigenvalue weighted by atomic mass is 16.4. The molecule has 6 heteroatoms. The van der Waals surface area contributed by atoms with Crippen LogP contribution in [0.25, 0.3) is 0 Å². The van der Waals surface area contributed by atoms with E-state index in [9.17, 15) is 9.59 Å². The zero-order valence-corrected chi connectivity index (χ0v) is 11.9. The lowest BCUT2D eigenvalue weighted by molar-refractivity contribution is -0.129. The fourth-order valence-corrected chi connectivity index (χ4v) is 2.72. The molecule has 1 aliphatic heterocycles. The largest absolute Gasteiger partial charge is 0.477 e. The number of hydrazine groups is 1. The van der Waals surface area contributed by atoms with E-state index in [2.05, 4.69) is 19.3 Å². The van der Waals surface area contributed by atoms with Crippen molar-refractivity contribution >= 4 is 11.9 Å². The first kappa shape index (κ1) is 14.6. The van der Waals surface area contributed by atoms with Crippen molar-refractivity contribution in [1.82, 2.24) is 15.0 Å². The number of hydrogen-bond acceptors (Lipinski definition) is 3. The SMILES string of the molecule is CC1CCCC(C)N1NC(=O)Cn1cccc1C(=O)O. The lowest BCUT2D eigenvalue weighted by Crippen LogP contribution is -2.54. The van der Waals surface area contributed by atoms with Gasteiger partial charge in [-0.05, 0) is 38.8 Å². The number of piperidine rings is 1. The van der Waals surface area contributed by atoms with Crippen molar-refractivity contribution in [3.63, 3.8) is 0 Å². The van der Waals surface area contributed by atoms with Crippen molar-refractivity contribution in [3.05, 3.63) is 24.0 Å². The van der Waals surface area contributed by atoms with Crippen LogP contribution in [-0.4, -0.2) is 38.6 Å². The summed E-state index contributed by atoms with van der Waals surface area (Å²) in [5, 5.41) is 11.0. The molecule has 2 unspecified atom stereocenters. The van der Waals surface area contributed by atoms with E-state index in [0.29, 0.717) is 12.1 Å². The summed E-state index contributed by atoms with van der Waals surface area (Å²) in [7, 11) is 0. The summed E-state index contributed by atoms with van der Waals surface area (Å²) < 4.78 is 1.44. The lowest BCUT2D eigenvalue weighted by atomic mass is 10.00. The Bertz CT molecular complexity index is 488. The van der Waals surface area contributed by atoms with Crippen LogP contribution in [0.4, 0.5) is 0 Å². The van der Waals surface area contributed by atoms with Gasteiger partial charge in [0.05, 0.1) is 0 Å². The summed E-state index contributed by atoms with van der Waals surface area (Å²) in [5.74, 6) is -1.22. The Morgan fingerprint density at radius 2 is 2.00 bits per heavy atom. The second kappa shape index (κ2) is 6.09. The van der Waals surface area contributed by atoms with Crippen molar-refractivity contribution in [2.45, 2.75) is 51.7 Å². The van der Waals surface area contributed by atoms with Gasteiger partial charge in [-0.1, -0.05) is 6.42 Å². The molecule has 1 saturated heterocycles. The molecule has 1 fully saturated rings. The Morgan fingerprint density at radius 1 is 1.35 bits per heavy atom. The highest BCUT2D eigenvalue weighted by molar-refractivity contribution is 5.86. The first-order chi connectivity index (χ1) is 9.49. The summed E-state index contributed by atoms with van der Waals surface area (Å²) in [6.45, 7) is 4.20. The molecular formula is C14H21N3O3. The van der Waals surface area contributed by atoms with E-state index in [1.807, 2.05) is 5.01 Å². The number of hydrogen-bond donors (Lipinski definition) is 2. The second-order valence-corrected chi connectivity index (χ2v) is 5.40. The van der Waals surface area contributed by atoms with Gasteiger partial charge in [-0.15, -0.1) is 0 Å². The number of carboxylic acids is 1. The molecule has 0 aromatic carbocycles. The molecule has 0 spiro atoms. The van der Waals surface area contributed by atoms with Crippen LogP contribution < -0.4 is 5.43 Å². The van der Waals surface area contributed by atoms with Gasteiger partial charge in [0, 0.05) is 18.3 Å². The predicted molar refractivity (Wildman–Crippen MR) is 74.1 cm³/mol. The van der Waals surface area contributed by atoms with E-state index >= 15 is 0 Å². The molecule has 110 valence electrons. The van der Waals surface area contributed by atoms with E-state index in [0.717, 1.165) is 12.8 Å². The van der Waals surface area contributed by atoms with Crippen LogP contribution >= 0.6 is 0 Å². The number of amides is 1. The maximum Gasteiger partial charge on any atom is 0.352 e. The maximum atomic E-state index is 12.1. The number of aromatic nitrogens is 1. The molecule has 2 rings (SSSR count). The number of nitrogens with one attached hydrogen (secondary N) is 1. The third-order valence-corrected chi connectivity index (χ3v) is 3.81. The molecule has 0 saturated carbocycles. The Hall–Kier alpha value is -1.82. The van der Waals surface area contributed by atoms with Crippen LogP contribution in [0.5, 0.6) is 0 Å². The molecule has 0 bridgehead atoms. The van der Waals surface area contributed by atoms with E-state index in [1.165, 1.54) is 17.1 Å². The molecule has 1 aromatic rings. The molecule has 6 nitrogen and oxygen atoms in total. The van der Waals surface area contributed by atoms with Gasteiger partial charge in [0.25, 0.3) is 5.91 Å². The quantitative estimate of drug-likeness (QED) is 0.875. The highest BCUT2D eigenvalue weighted by Gasteiger charge is 2.26. The molecule has 2 heterocycles. The predicted octanol–water partition coefficient (Wildman–Crippen LogP) is 1.48. The number of nitrogens with zero attached hydrogens (tertiary/aromatic N) is 2. The average molecular weight is 279 g/mol. The minimum absolute atomic E-state index is 0.0184. The van der Waals surface area contributed by atoms with Gasteiger partial charge in [-0.3, -0.25) is 10.2 Å². The highest BCUT2D eigenvalue weighted by Crippen LogP contribution is 2.20. The van der Waals surface area contributed by atoms with E-state index in [1.54, 1.807) is 12.3 Å². The molecule has 1 aromatic heterocycles. The van der Waals surface area contributed by atoms with E-state index < -0.39 is 5.97 Å². The molecule has 0 aliphatic carbocycles. The van der Waals surface area contributed by atoms with E-state index in [-0.39, 0.29) is 18.1 Å². The second-order valence-electron chi connectivity index (χ2n) is 5.40. The molecule has 0 radical (unpaired) electrons. The summed E-state index contributed by atoms with van der Waals surface area (Å²) in [6, 6.07) is 3.74. The monoisotopic (exact) mass is 279 g/mol. The third kappa shape index (κ3) is 3.19. The lowest BCUT2D eigenvalue weighted by Gasteiger charge is -2.38. The Balaban J connectivity index is 1.98. The molecule has 1 amide bonds. The van der Waals surface area contributed by atoms with E-state index in [4.69, 9.17) is 5.11 Å². The molecule has 2 atom stereocenters. The van der Waals surface area contributed by atoms with Crippen LogP contribution in [0.2, 0.25) is 0 Å². The molecule has 20 heavy (non-hydrogen) atoms. The third-order valence-electron chi connectivity index (χ3n) is 3.81. The van der Waals surface area contributed by atoms with Crippen LogP contribution in [0.15, 0.2) is 18.3 Å². The number of aromatic carboxylic acids is 1. The smallest absolute Gasteiger partial charge is 0.352 e. The molecule has 1 aliphatic rings. The van der Waals surface area contributed by atoms with Crippen LogP contribution in [0.3, 0.4) is 0 Å². The van der Waals surface area contributed by atoms with Crippen molar-refractivity contribution in [3.8, 4) is 0 Å². The van der Waals surface area contributed by atoms with Crippen molar-refractivity contribution in [2.75, 3.05) is 0 Å². The molecular weight excluding hydrogens is 258 g/mol. The van der Waals surface area contributed by atoms with Gasteiger partial charge in [0.15, 0.2) is 0 Å². The topological polar surface area (TPSA) is 74.6 Å². The fourth-order valence-electron chi connectivity index (χ4n) is 2.72. The zero-order chi connectivity index (χ0) is 14.7. The summed E-state index contributed by atoms with van der Waals surface area (Å²) in [4.78, 5) is 23.1. The van der Waals surface area contributed by atoms with Gasteiger partial charge in [0.1, 0.15) is 12.2 Å². The normalized spacial score (nSPS) is 23.5. The summed E-state index contributed by atoms with van der Waals surface area (Å²) in [6.07, 6.45) is 4.91. The van der Waals surface area contributed by atoms with Gasteiger partial charge >= 0.3 is 5.97 Å². The fraction of sp³-hybridized carbons (Fsp3) is 0.571. The first-order valence-corrected chi connectivity index (χ1v) is 6.95. The summed E-state index contributed by atoms with van der Waals surface area (Å²) in [5.41, 5.74) is 3.03. The van der Waals surface area contributed by atoms with Crippen LogP contribution in [-0.2, 0) is 11.3 Å². The minimum Gasteiger partial charge on any atom is -0.477 e. The van der Waals surface area contributed by atoms with Gasteiger partial charge in [-0.2, -0.15) is 0 Å². The van der Waals surface area contributed by atoms with Gasteiger partial charge in [-0.25, -0.2) is 9.80 Å². The van der Waals surface area contributed by atoms with Crippen molar-refractivity contribution in [1.29, 1.82) is 0 Å². The average Bonchev–Trinajstić information content (AvgIpc) is 2.82. The number of carbonyl (C=O) groups is 2. The Kier molecular flexibility index (Phi) is 4.44. The van der Waals surface area contributed by atoms with Crippen LogP contribution in [0.1, 0.15) is 43.6 Å². The van der Waals surface area contributed by atoms with Gasteiger partial charge < -0.3 is 9.67 Å². The minimum atomic E-state index is -1.03. The first-order valence-electron chi connectivity index (χ1n) is 6.95. The molecule has 2 N–H and O–H groups in total. The number of carbonyl (C=O) groups excluding carboxylic acids is 1. The Labute approximate surface area is 118 Å². The van der Waals surface area contributed by atoms with Crippen LogP contribution in [0, 0.1) is 0 Å².